The minimum atomic E-state index is 0.112. The van der Waals surface area contributed by atoms with Gasteiger partial charge in [0.25, 0.3) is 5.91 Å². The second kappa shape index (κ2) is 6.15. The average Bonchev–Trinajstić information content (AvgIpc) is 2.40. The monoisotopic (exact) mass is 261 g/mol. The van der Waals surface area contributed by atoms with Gasteiger partial charge in [0.05, 0.1) is 11.3 Å². The maximum absolute atomic E-state index is 12.7. The number of aryl methyl sites for hydroxylation is 2. The third-order valence-electron chi connectivity index (χ3n) is 3.77. The Hall–Kier alpha value is -1.42. The highest BCUT2D eigenvalue weighted by Crippen LogP contribution is 2.16. The molecule has 1 amide bonds. The van der Waals surface area contributed by atoms with E-state index in [-0.39, 0.29) is 5.91 Å². The van der Waals surface area contributed by atoms with Gasteiger partial charge in [-0.15, -0.1) is 0 Å². The Kier molecular flexibility index (Phi) is 4.53. The Labute approximate surface area is 115 Å². The average molecular weight is 261 g/mol. The minimum absolute atomic E-state index is 0.112. The molecular weight excluding hydrogens is 238 g/mol. The maximum Gasteiger partial charge on any atom is 0.255 e. The fourth-order valence-electron chi connectivity index (χ4n) is 2.73. The zero-order valence-corrected chi connectivity index (χ0v) is 12.1. The van der Waals surface area contributed by atoms with Gasteiger partial charge < -0.3 is 10.2 Å². The van der Waals surface area contributed by atoms with Crippen molar-refractivity contribution >= 4 is 5.91 Å². The van der Waals surface area contributed by atoms with Crippen LogP contribution in [0, 0.1) is 13.8 Å². The first-order valence-electron chi connectivity index (χ1n) is 7.09. The molecule has 1 aromatic heterocycles. The lowest BCUT2D eigenvalue weighted by Crippen LogP contribution is -2.48. The number of likely N-dealkylation sites (N-methyl/N-ethyl adjacent to an activating group) is 1. The molecule has 0 radical (unpaired) electrons. The molecule has 0 aromatic carbocycles. The lowest BCUT2D eigenvalue weighted by atomic mass is 10.0. The molecule has 1 aliphatic heterocycles. The zero-order valence-electron chi connectivity index (χ0n) is 12.1. The van der Waals surface area contributed by atoms with E-state index >= 15 is 0 Å². The van der Waals surface area contributed by atoms with Crippen LogP contribution in [0.1, 0.15) is 41.5 Å². The van der Waals surface area contributed by atoms with Crippen LogP contribution in [0.3, 0.4) is 0 Å². The highest BCUT2D eigenvalue weighted by Gasteiger charge is 2.25. The predicted octanol–water partition coefficient (Wildman–Crippen LogP) is 1.91. The van der Waals surface area contributed by atoms with Gasteiger partial charge in [0.2, 0.25) is 0 Å². The van der Waals surface area contributed by atoms with E-state index in [4.69, 9.17) is 0 Å². The van der Waals surface area contributed by atoms with Gasteiger partial charge in [-0.1, -0.05) is 0 Å². The number of hydrogen-bond donors (Lipinski definition) is 1. The first-order chi connectivity index (χ1) is 9.13. The van der Waals surface area contributed by atoms with E-state index in [1.54, 1.807) is 0 Å². The number of pyridine rings is 1. The number of nitrogens with one attached hydrogen (secondary N) is 1. The Morgan fingerprint density at radius 3 is 2.84 bits per heavy atom. The van der Waals surface area contributed by atoms with Crippen LogP contribution in [0.25, 0.3) is 0 Å². The Bertz CT molecular complexity index is 453. The molecule has 0 spiro atoms. The van der Waals surface area contributed by atoms with Crippen LogP contribution < -0.4 is 5.32 Å². The second-order valence-electron chi connectivity index (χ2n) is 5.18. The van der Waals surface area contributed by atoms with Crippen molar-refractivity contribution in [2.24, 2.45) is 0 Å². The molecule has 0 saturated carbocycles. The summed E-state index contributed by atoms with van der Waals surface area (Å²) in [4.78, 5) is 19.0. The summed E-state index contributed by atoms with van der Waals surface area (Å²) in [5.41, 5.74) is 2.52. The molecule has 2 heterocycles. The second-order valence-corrected chi connectivity index (χ2v) is 5.18. The van der Waals surface area contributed by atoms with Crippen LogP contribution >= 0.6 is 0 Å². The van der Waals surface area contributed by atoms with Gasteiger partial charge >= 0.3 is 0 Å². The first kappa shape index (κ1) is 14.0. The molecule has 1 fully saturated rings. The van der Waals surface area contributed by atoms with Gasteiger partial charge in [-0.3, -0.25) is 9.78 Å². The summed E-state index contributed by atoms with van der Waals surface area (Å²) in [5, 5.41) is 3.37. The van der Waals surface area contributed by atoms with E-state index in [0.717, 1.165) is 49.4 Å². The van der Waals surface area contributed by atoms with E-state index in [1.807, 2.05) is 37.8 Å². The van der Waals surface area contributed by atoms with Crippen LogP contribution in [-0.4, -0.2) is 41.5 Å². The summed E-state index contributed by atoms with van der Waals surface area (Å²) in [6.07, 6.45) is 2.23. The van der Waals surface area contributed by atoms with Crippen molar-refractivity contribution in [1.29, 1.82) is 0 Å². The standard InChI is InChI=1S/C15H23N3O/c1-4-18(13-6-5-9-16-10-13)15(19)14-8-7-11(2)17-12(14)3/h7-8,13,16H,4-6,9-10H2,1-3H3. The molecule has 1 unspecified atom stereocenters. The third-order valence-corrected chi connectivity index (χ3v) is 3.77. The number of hydrogen-bond acceptors (Lipinski definition) is 3. The number of piperidine rings is 1. The van der Waals surface area contributed by atoms with Crippen molar-refractivity contribution in [2.75, 3.05) is 19.6 Å². The molecule has 1 N–H and O–H groups in total. The van der Waals surface area contributed by atoms with Crippen molar-refractivity contribution in [3.05, 3.63) is 29.1 Å². The number of rotatable bonds is 3. The summed E-state index contributed by atoms with van der Waals surface area (Å²) in [5.74, 6) is 0.112. The summed E-state index contributed by atoms with van der Waals surface area (Å²) >= 11 is 0. The van der Waals surface area contributed by atoms with Gasteiger partial charge in [0, 0.05) is 24.8 Å². The zero-order chi connectivity index (χ0) is 13.8. The topological polar surface area (TPSA) is 45.2 Å². The number of amides is 1. The highest BCUT2D eigenvalue weighted by atomic mass is 16.2. The van der Waals surface area contributed by atoms with Crippen LogP contribution in [0.15, 0.2) is 12.1 Å². The van der Waals surface area contributed by atoms with Crippen molar-refractivity contribution in [1.82, 2.24) is 15.2 Å². The van der Waals surface area contributed by atoms with Gasteiger partial charge in [-0.2, -0.15) is 0 Å². The van der Waals surface area contributed by atoms with E-state index in [0.29, 0.717) is 6.04 Å². The van der Waals surface area contributed by atoms with Gasteiger partial charge in [-0.25, -0.2) is 0 Å². The Morgan fingerprint density at radius 2 is 2.26 bits per heavy atom. The highest BCUT2D eigenvalue weighted by molar-refractivity contribution is 5.95. The van der Waals surface area contributed by atoms with Crippen molar-refractivity contribution in [2.45, 2.75) is 39.7 Å². The number of nitrogens with zero attached hydrogens (tertiary/aromatic N) is 2. The normalized spacial score (nSPS) is 19.2. The number of aromatic nitrogens is 1. The fourth-order valence-corrected chi connectivity index (χ4v) is 2.73. The largest absolute Gasteiger partial charge is 0.335 e. The Balaban J connectivity index is 2.19. The van der Waals surface area contributed by atoms with Crippen LogP contribution in [-0.2, 0) is 0 Å². The maximum atomic E-state index is 12.7. The molecule has 0 aliphatic carbocycles. The van der Waals surface area contributed by atoms with Crippen molar-refractivity contribution in [3.63, 3.8) is 0 Å². The van der Waals surface area contributed by atoms with E-state index < -0.39 is 0 Å². The smallest absolute Gasteiger partial charge is 0.255 e. The third kappa shape index (κ3) is 3.13. The molecule has 1 aromatic rings. The number of carbonyl (C=O) groups excluding carboxylic acids is 1. The van der Waals surface area contributed by atoms with Crippen LogP contribution in [0.4, 0.5) is 0 Å². The SMILES string of the molecule is CCN(C(=O)c1ccc(C)nc1C)C1CCCNC1. The molecule has 1 atom stereocenters. The molecule has 0 bridgehead atoms. The van der Waals surface area contributed by atoms with Crippen LogP contribution in [0.5, 0.6) is 0 Å². The fraction of sp³-hybridized carbons (Fsp3) is 0.600. The lowest BCUT2D eigenvalue weighted by Gasteiger charge is -2.34. The summed E-state index contributed by atoms with van der Waals surface area (Å²) in [6.45, 7) is 8.62. The Morgan fingerprint density at radius 1 is 1.47 bits per heavy atom. The van der Waals surface area contributed by atoms with E-state index in [9.17, 15) is 4.79 Å². The van der Waals surface area contributed by atoms with Crippen molar-refractivity contribution < 1.29 is 4.79 Å². The quantitative estimate of drug-likeness (QED) is 0.904. The molecule has 2 rings (SSSR count). The van der Waals surface area contributed by atoms with Crippen molar-refractivity contribution in [3.8, 4) is 0 Å². The molecule has 4 nitrogen and oxygen atoms in total. The predicted molar refractivity (Wildman–Crippen MR) is 76.3 cm³/mol. The van der Waals surface area contributed by atoms with Gasteiger partial charge in [0.1, 0.15) is 0 Å². The number of carbonyl (C=O) groups is 1. The van der Waals surface area contributed by atoms with E-state index in [1.165, 1.54) is 0 Å². The molecule has 4 heteroatoms. The molecule has 1 saturated heterocycles. The molecule has 19 heavy (non-hydrogen) atoms. The van der Waals surface area contributed by atoms with Crippen LogP contribution in [0.2, 0.25) is 0 Å². The summed E-state index contributed by atoms with van der Waals surface area (Å²) in [7, 11) is 0. The summed E-state index contributed by atoms with van der Waals surface area (Å²) in [6, 6.07) is 4.12. The van der Waals surface area contributed by atoms with Gasteiger partial charge in [0.15, 0.2) is 0 Å². The lowest BCUT2D eigenvalue weighted by molar-refractivity contribution is 0.0661. The van der Waals surface area contributed by atoms with E-state index in [2.05, 4.69) is 10.3 Å². The first-order valence-corrected chi connectivity index (χ1v) is 7.09. The van der Waals surface area contributed by atoms with Gasteiger partial charge in [-0.05, 0) is 52.3 Å². The minimum Gasteiger partial charge on any atom is -0.335 e. The molecule has 104 valence electrons. The molecular formula is C15H23N3O. The summed E-state index contributed by atoms with van der Waals surface area (Å²) < 4.78 is 0. The molecule has 1 aliphatic rings.